The normalized spacial score (nSPS) is 11.9. The number of benzene rings is 1. The highest BCUT2D eigenvalue weighted by molar-refractivity contribution is 6.35. The number of carbonyl (C=O) groups is 1. The van der Waals surface area contributed by atoms with Gasteiger partial charge in [-0.25, -0.2) is 4.98 Å². The van der Waals surface area contributed by atoms with E-state index in [9.17, 15) is 4.79 Å². The van der Waals surface area contributed by atoms with Gasteiger partial charge in [-0.15, -0.1) is 0 Å². The summed E-state index contributed by atoms with van der Waals surface area (Å²) in [5.41, 5.74) is 7.27. The summed E-state index contributed by atoms with van der Waals surface area (Å²) in [6, 6.07) is 7.38. The number of halogens is 1. The Kier molecular flexibility index (Phi) is 5.97. The van der Waals surface area contributed by atoms with Gasteiger partial charge in [0.25, 0.3) is 0 Å². The van der Waals surface area contributed by atoms with Crippen molar-refractivity contribution in [3.8, 4) is 0 Å². The standard InChI is InChI=1S/C19H23ClN8O/c1-10(23-19-25-11(2)24-18(21)27-19)13-8-12-6-5-7-14(20)16(12)26-17(13)28(4)9-15(29)22-3/h5-8,10H,9H2,1-4H3,(H,22,29)(H3,21,23,24,25,27)/t10-/m0/s1. The Bertz CT molecular complexity index is 1040. The molecule has 0 radical (unpaired) electrons. The summed E-state index contributed by atoms with van der Waals surface area (Å²) < 4.78 is 0. The molecule has 0 aliphatic rings. The van der Waals surface area contributed by atoms with E-state index in [1.165, 1.54) is 0 Å². The van der Waals surface area contributed by atoms with E-state index in [0.29, 0.717) is 28.1 Å². The summed E-state index contributed by atoms with van der Waals surface area (Å²) in [4.78, 5) is 30.9. The molecule has 3 rings (SSSR count). The second-order valence-corrected chi connectivity index (χ2v) is 7.08. The lowest BCUT2D eigenvalue weighted by atomic mass is 10.1. The molecular weight excluding hydrogens is 392 g/mol. The molecule has 0 unspecified atom stereocenters. The smallest absolute Gasteiger partial charge is 0.239 e. The predicted octanol–water partition coefficient (Wildman–Crippen LogP) is 2.32. The maximum absolute atomic E-state index is 11.9. The van der Waals surface area contributed by atoms with Gasteiger partial charge < -0.3 is 21.3 Å². The molecule has 1 aromatic carbocycles. The molecule has 0 bridgehead atoms. The van der Waals surface area contributed by atoms with Crippen LogP contribution in [0.15, 0.2) is 24.3 Å². The lowest BCUT2D eigenvalue weighted by Gasteiger charge is -2.25. The van der Waals surface area contributed by atoms with Gasteiger partial charge in [0, 0.05) is 25.0 Å². The molecule has 29 heavy (non-hydrogen) atoms. The van der Waals surface area contributed by atoms with Gasteiger partial charge in [0.15, 0.2) is 0 Å². The van der Waals surface area contributed by atoms with Gasteiger partial charge in [0.1, 0.15) is 11.6 Å². The molecule has 0 aliphatic carbocycles. The lowest BCUT2D eigenvalue weighted by molar-refractivity contribution is -0.119. The fourth-order valence-corrected chi connectivity index (χ4v) is 3.23. The first-order valence-electron chi connectivity index (χ1n) is 9.04. The molecule has 0 saturated heterocycles. The monoisotopic (exact) mass is 414 g/mol. The maximum atomic E-state index is 11.9. The molecule has 0 saturated carbocycles. The van der Waals surface area contributed by atoms with Crippen LogP contribution in [0.25, 0.3) is 10.9 Å². The van der Waals surface area contributed by atoms with Gasteiger partial charge >= 0.3 is 0 Å². The summed E-state index contributed by atoms with van der Waals surface area (Å²) in [6.07, 6.45) is 0. The fraction of sp³-hybridized carbons (Fsp3) is 0.316. The lowest BCUT2D eigenvalue weighted by Crippen LogP contribution is -2.34. The average molecular weight is 415 g/mol. The fourth-order valence-electron chi connectivity index (χ4n) is 3.00. The Morgan fingerprint density at radius 1 is 1.28 bits per heavy atom. The largest absolute Gasteiger partial charge is 0.368 e. The minimum Gasteiger partial charge on any atom is -0.368 e. The van der Waals surface area contributed by atoms with Crippen LogP contribution in [0, 0.1) is 6.92 Å². The third-order valence-corrected chi connectivity index (χ3v) is 4.71. The Morgan fingerprint density at radius 3 is 2.72 bits per heavy atom. The van der Waals surface area contributed by atoms with Crippen LogP contribution >= 0.6 is 11.6 Å². The van der Waals surface area contributed by atoms with E-state index < -0.39 is 0 Å². The Labute approximate surface area is 173 Å². The number of nitrogens with one attached hydrogen (secondary N) is 2. The van der Waals surface area contributed by atoms with Crippen molar-refractivity contribution >= 4 is 46.1 Å². The number of anilines is 3. The first kappa shape index (κ1) is 20.5. The number of pyridine rings is 1. The minimum atomic E-state index is -0.228. The first-order chi connectivity index (χ1) is 13.8. The van der Waals surface area contributed by atoms with Crippen LogP contribution in [-0.4, -0.2) is 46.5 Å². The van der Waals surface area contributed by atoms with Crippen molar-refractivity contribution in [3.63, 3.8) is 0 Å². The van der Waals surface area contributed by atoms with Gasteiger partial charge in [0.05, 0.1) is 23.1 Å². The molecule has 3 aromatic rings. The predicted molar refractivity (Wildman–Crippen MR) is 115 cm³/mol. The summed E-state index contributed by atoms with van der Waals surface area (Å²) in [6.45, 7) is 3.85. The highest BCUT2D eigenvalue weighted by Gasteiger charge is 2.20. The summed E-state index contributed by atoms with van der Waals surface area (Å²) in [7, 11) is 3.40. The van der Waals surface area contributed by atoms with Crippen molar-refractivity contribution in [2.45, 2.75) is 19.9 Å². The number of nitrogens with zero attached hydrogens (tertiary/aromatic N) is 5. The van der Waals surface area contributed by atoms with Crippen LogP contribution < -0.4 is 21.3 Å². The van der Waals surface area contributed by atoms with Crippen LogP contribution in [0.1, 0.15) is 24.4 Å². The third kappa shape index (κ3) is 4.62. The zero-order chi connectivity index (χ0) is 21.1. The number of aromatic nitrogens is 4. The summed E-state index contributed by atoms with van der Waals surface area (Å²) in [5.74, 6) is 1.54. The van der Waals surface area contributed by atoms with Crippen LogP contribution in [0.3, 0.4) is 0 Å². The van der Waals surface area contributed by atoms with Crippen LogP contribution in [0.2, 0.25) is 5.02 Å². The number of carbonyl (C=O) groups excluding carboxylic acids is 1. The Morgan fingerprint density at radius 2 is 2.03 bits per heavy atom. The van der Waals surface area contributed by atoms with E-state index in [-0.39, 0.29) is 24.4 Å². The van der Waals surface area contributed by atoms with E-state index in [2.05, 4.69) is 25.6 Å². The number of aryl methyl sites for hydroxylation is 1. The molecule has 9 nitrogen and oxygen atoms in total. The van der Waals surface area contributed by atoms with Crippen molar-refractivity contribution in [2.75, 3.05) is 36.6 Å². The van der Waals surface area contributed by atoms with Gasteiger partial charge in [-0.3, -0.25) is 4.79 Å². The quantitative estimate of drug-likeness (QED) is 0.561. The van der Waals surface area contributed by atoms with E-state index in [1.54, 1.807) is 24.9 Å². The number of likely N-dealkylation sites (N-methyl/N-ethyl adjacent to an activating group) is 2. The van der Waals surface area contributed by atoms with Crippen molar-refractivity contribution < 1.29 is 4.79 Å². The number of para-hydroxylation sites is 1. The van der Waals surface area contributed by atoms with Gasteiger partial charge in [0.2, 0.25) is 17.8 Å². The molecule has 152 valence electrons. The SMILES string of the molecule is CNC(=O)CN(C)c1nc2c(Cl)cccc2cc1[C@H](C)Nc1nc(C)nc(N)n1. The summed E-state index contributed by atoms with van der Waals surface area (Å²) >= 11 is 6.35. The Hall–Kier alpha value is -3.20. The van der Waals surface area contributed by atoms with Crippen LogP contribution in [0.4, 0.5) is 17.7 Å². The van der Waals surface area contributed by atoms with Gasteiger partial charge in [-0.05, 0) is 26.0 Å². The van der Waals surface area contributed by atoms with E-state index in [1.807, 2.05) is 32.2 Å². The highest BCUT2D eigenvalue weighted by Crippen LogP contribution is 2.32. The molecular formula is C19H23ClN8O. The molecule has 0 spiro atoms. The molecule has 4 N–H and O–H groups in total. The van der Waals surface area contributed by atoms with Crippen LogP contribution in [-0.2, 0) is 4.79 Å². The highest BCUT2D eigenvalue weighted by atomic mass is 35.5. The number of fused-ring (bicyclic) bond motifs is 1. The molecule has 10 heteroatoms. The zero-order valence-electron chi connectivity index (χ0n) is 16.7. The maximum Gasteiger partial charge on any atom is 0.239 e. The minimum absolute atomic E-state index is 0.124. The van der Waals surface area contributed by atoms with E-state index >= 15 is 0 Å². The molecule has 0 aliphatic heterocycles. The molecule has 1 amide bonds. The Balaban J connectivity index is 2.05. The van der Waals surface area contributed by atoms with Crippen molar-refractivity contribution in [2.24, 2.45) is 0 Å². The molecule has 1 atom stereocenters. The topological polar surface area (TPSA) is 122 Å². The van der Waals surface area contributed by atoms with E-state index in [4.69, 9.17) is 22.3 Å². The van der Waals surface area contributed by atoms with Crippen LogP contribution in [0.5, 0.6) is 0 Å². The zero-order valence-corrected chi connectivity index (χ0v) is 17.4. The number of nitrogens with two attached hydrogens (primary N) is 1. The second-order valence-electron chi connectivity index (χ2n) is 6.67. The third-order valence-electron chi connectivity index (χ3n) is 4.40. The first-order valence-corrected chi connectivity index (χ1v) is 9.42. The average Bonchev–Trinajstić information content (AvgIpc) is 2.66. The molecule has 2 heterocycles. The van der Waals surface area contributed by atoms with E-state index in [0.717, 1.165) is 10.9 Å². The number of hydrogen-bond acceptors (Lipinski definition) is 8. The molecule has 2 aromatic heterocycles. The van der Waals surface area contributed by atoms with Crippen molar-refractivity contribution in [1.29, 1.82) is 0 Å². The second kappa shape index (κ2) is 8.44. The number of amides is 1. The summed E-state index contributed by atoms with van der Waals surface area (Å²) in [5, 5.41) is 7.30. The molecule has 0 fully saturated rings. The number of hydrogen-bond donors (Lipinski definition) is 3. The number of rotatable bonds is 6. The van der Waals surface area contributed by atoms with Crippen molar-refractivity contribution in [3.05, 3.63) is 40.7 Å². The van der Waals surface area contributed by atoms with Crippen molar-refractivity contribution in [1.82, 2.24) is 25.3 Å². The number of nitrogen functional groups attached to an aromatic ring is 1. The van der Waals surface area contributed by atoms with Gasteiger partial charge in [-0.1, -0.05) is 23.7 Å². The van der Waals surface area contributed by atoms with Gasteiger partial charge in [-0.2, -0.15) is 15.0 Å².